The van der Waals surface area contributed by atoms with Crippen LogP contribution >= 0.6 is 22.9 Å². The average Bonchev–Trinajstić information content (AvgIpc) is 3.53. The minimum atomic E-state index is -3.82. The first-order valence-electron chi connectivity index (χ1n) is 11.2. The smallest absolute Gasteiger partial charge is 0.261 e. The van der Waals surface area contributed by atoms with Gasteiger partial charge in [-0.1, -0.05) is 29.0 Å². The fourth-order valence-electron chi connectivity index (χ4n) is 3.92. The van der Waals surface area contributed by atoms with Crippen LogP contribution in [0.2, 0.25) is 5.02 Å². The first kappa shape index (κ1) is 24.6. The molecule has 1 aliphatic heterocycles. The van der Waals surface area contributed by atoms with Crippen molar-refractivity contribution in [2.45, 2.75) is 23.8 Å². The molecule has 0 aliphatic carbocycles. The van der Waals surface area contributed by atoms with Gasteiger partial charge in [-0.05, 0) is 73.5 Å². The standard InChI is InChI=1S/C25H21ClFN3O4S2/c26-17-8-12-20(13-9-17)36(32,33)29-18-10-6-16(7-11-18)24(31)30(15-19-3-2-14-34-19)25-28-23-21(27)4-1-5-22(23)35-25/h1,4-13,19,29H,2-3,14-15H2. The van der Waals surface area contributed by atoms with E-state index in [1.807, 2.05) is 0 Å². The largest absolute Gasteiger partial charge is 0.376 e. The number of anilines is 2. The van der Waals surface area contributed by atoms with Crippen molar-refractivity contribution in [1.82, 2.24) is 4.98 Å². The summed E-state index contributed by atoms with van der Waals surface area (Å²) in [5, 5.41) is 0.809. The first-order chi connectivity index (χ1) is 17.3. The Balaban J connectivity index is 1.40. The van der Waals surface area contributed by atoms with Crippen molar-refractivity contribution in [3.05, 3.63) is 83.1 Å². The van der Waals surface area contributed by atoms with Gasteiger partial charge < -0.3 is 4.74 Å². The Bertz CT molecular complexity index is 1500. The Kier molecular flexibility index (Phi) is 6.94. The second-order valence-corrected chi connectivity index (χ2v) is 11.4. The summed E-state index contributed by atoms with van der Waals surface area (Å²) in [4.78, 5) is 19.5. The van der Waals surface area contributed by atoms with Gasteiger partial charge in [-0.15, -0.1) is 0 Å². The average molecular weight is 546 g/mol. The highest BCUT2D eigenvalue weighted by atomic mass is 35.5. The van der Waals surface area contributed by atoms with Crippen molar-refractivity contribution in [1.29, 1.82) is 0 Å². The molecule has 0 bridgehead atoms. The number of nitrogens with zero attached hydrogens (tertiary/aromatic N) is 2. The minimum Gasteiger partial charge on any atom is -0.376 e. The van der Waals surface area contributed by atoms with Crippen LogP contribution in [-0.2, 0) is 14.8 Å². The van der Waals surface area contributed by atoms with Gasteiger partial charge in [0.1, 0.15) is 11.3 Å². The van der Waals surface area contributed by atoms with Gasteiger partial charge >= 0.3 is 0 Å². The molecule has 11 heteroatoms. The number of amides is 1. The number of rotatable bonds is 7. The third-order valence-electron chi connectivity index (χ3n) is 5.75. The summed E-state index contributed by atoms with van der Waals surface area (Å²) >= 11 is 7.07. The molecular weight excluding hydrogens is 525 g/mol. The van der Waals surface area contributed by atoms with Crippen molar-refractivity contribution in [2.24, 2.45) is 0 Å². The highest BCUT2D eigenvalue weighted by Crippen LogP contribution is 2.32. The first-order valence-corrected chi connectivity index (χ1v) is 13.8. The summed E-state index contributed by atoms with van der Waals surface area (Å²) in [6.07, 6.45) is 1.58. The lowest BCUT2D eigenvalue weighted by Gasteiger charge is -2.23. The van der Waals surface area contributed by atoms with Crippen LogP contribution in [0.1, 0.15) is 23.2 Å². The SMILES string of the molecule is O=C(c1ccc(NS(=O)(=O)c2ccc(Cl)cc2)cc1)N(CC1CCCO1)c1nc2c(F)cccc2s1. The van der Waals surface area contributed by atoms with E-state index < -0.39 is 15.8 Å². The van der Waals surface area contributed by atoms with Gasteiger partial charge in [-0.2, -0.15) is 0 Å². The van der Waals surface area contributed by atoms with Gasteiger partial charge in [-0.25, -0.2) is 17.8 Å². The second-order valence-electron chi connectivity index (χ2n) is 8.27. The number of para-hydroxylation sites is 1. The number of hydrogen-bond donors (Lipinski definition) is 1. The zero-order valence-corrected chi connectivity index (χ0v) is 21.2. The van der Waals surface area contributed by atoms with Crippen LogP contribution in [0.15, 0.2) is 71.6 Å². The maximum absolute atomic E-state index is 14.3. The summed E-state index contributed by atoms with van der Waals surface area (Å²) in [5.74, 6) is -0.783. The number of nitrogens with one attached hydrogen (secondary N) is 1. The topological polar surface area (TPSA) is 88.6 Å². The van der Waals surface area contributed by atoms with E-state index in [0.717, 1.165) is 12.8 Å². The molecule has 2 heterocycles. The quantitative estimate of drug-likeness (QED) is 0.321. The lowest BCUT2D eigenvalue weighted by Crippen LogP contribution is -2.37. The Hall–Kier alpha value is -3.05. The van der Waals surface area contributed by atoms with E-state index in [2.05, 4.69) is 9.71 Å². The molecule has 1 fully saturated rings. The van der Waals surface area contributed by atoms with Crippen molar-refractivity contribution in [3.63, 3.8) is 0 Å². The number of sulfonamides is 1. The Morgan fingerprint density at radius 1 is 1.14 bits per heavy atom. The number of ether oxygens (including phenoxy) is 1. The molecule has 1 aromatic heterocycles. The molecule has 1 saturated heterocycles. The summed E-state index contributed by atoms with van der Waals surface area (Å²) in [6, 6.07) is 16.6. The Morgan fingerprint density at radius 2 is 1.89 bits per heavy atom. The van der Waals surface area contributed by atoms with Gasteiger partial charge in [0.25, 0.3) is 15.9 Å². The number of thiazole rings is 1. The summed E-state index contributed by atoms with van der Waals surface area (Å²) in [5.41, 5.74) is 0.853. The summed E-state index contributed by atoms with van der Waals surface area (Å²) in [7, 11) is -3.82. The molecule has 36 heavy (non-hydrogen) atoms. The van der Waals surface area contributed by atoms with Gasteiger partial charge in [0.05, 0.1) is 22.2 Å². The summed E-state index contributed by atoms with van der Waals surface area (Å²) < 4.78 is 48.4. The van der Waals surface area contributed by atoms with Crippen LogP contribution in [0.25, 0.3) is 10.2 Å². The third-order valence-corrected chi connectivity index (χ3v) is 8.45. The molecule has 186 valence electrons. The molecule has 1 N–H and O–H groups in total. The fraction of sp³-hybridized carbons (Fsp3) is 0.200. The maximum atomic E-state index is 14.3. The molecule has 4 aromatic rings. The van der Waals surface area contributed by atoms with E-state index >= 15 is 0 Å². The van der Waals surface area contributed by atoms with E-state index in [0.29, 0.717) is 32.7 Å². The molecule has 3 aromatic carbocycles. The van der Waals surface area contributed by atoms with Crippen molar-refractivity contribution in [2.75, 3.05) is 22.8 Å². The van der Waals surface area contributed by atoms with Crippen LogP contribution in [0.5, 0.6) is 0 Å². The molecule has 0 spiro atoms. The van der Waals surface area contributed by atoms with Crippen LogP contribution in [0, 0.1) is 5.82 Å². The van der Waals surface area contributed by atoms with Gasteiger partial charge in [-0.3, -0.25) is 14.4 Å². The number of carbonyl (C=O) groups is 1. The molecule has 1 atom stereocenters. The normalized spacial score (nSPS) is 15.8. The van der Waals surface area contributed by atoms with Crippen molar-refractivity contribution in [3.8, 4) is 0 Å². The highest BCUT2D eigenvalue weighted by molar-refractivity contribution is 7.92. The van der Waals surface area contributed by atoms with E-state index in [4.69, 9.17) is 16.3 Å². The van der Waals surface area contributed by atoms with E-state index in [-0.39, 0.29) is 29.0 Å². The van der Waals surface area contributed by atoms with Crippen molar-refractivity contribution < 1.29 is 22.3 Å². The highest BCUT2D eigenvalue weighted by Gasteiger charge is 2.27. The summed E-state index contributed by atoms with van der Waals surface area (Å²) in [6.45, 7) is 0.912. The predicted octanol–water partition coefficient (Wildman–Crippen LogP) is 5.72. The van der Waals surface area contributed by atoms with Gasteiger partial charge in [0, 0.05) is 22.9 Å². The van der Waals surface area contributed by atoms with E-state index in [9.17, 15) is 17.6 Å². The zero-order chi connectivity index (χ0) is 25.3. The molecule has 0 saturated carbocycles. The Morgan fingerprint density at radius 3 is 2.56 bits per heavy atom. The van der Waals surface area contributed by atoms with Gasteiger partial charge in [0.15, 0.2) is 5.13 Å². The lowest BCUT2D eigenvalue weighted by molar-refractivity contribution is 0.0917. The minimum absolute atomic E-state index is 0.0675. The predicted molar refractivity (Wildman–Crippen MR) is 139 cm³/mol. The molecule has 7 nitrogen and oxygen atoms in total. The molecule has 1 amide bonds. The lowest BCUT2D eigenvalue weighted by atomic mass is 10.1. The monoisotopic (exact) mass is 545 g/mol. The number of hydrogen-bond acceptors (Lipinski definition) is 6. The number of fused-ring (bicyclic) bond motifs is 1. The van der Waals surface area contributed by atoms with Crippen molar-refractivity contribution >= 4 is 59.9 Å². The van der Waals surface area contributed by atoms with Crippen LogP contribution in [0.3, 0.4) is 0 Å². The second kappa shape index (κ2) is 10.1. The van der Waals surface area contributed by atoms with Crippen LogP contribution in [-0.4, -0.2) is 38.6 Å². The number of halogens is 2. The zero-order valence-electron chi connectivity index (χ0n) is 18.9. The third kappa shape index (κ3) is 5.22. The van der Waals surface area contributed by atoms with E-state index in [1.165, 1.54) is 58.7 Å². The Labute approximate surface area is 216 Å². The maximum Gasteiger partial charge on any atom is 0.261 e. The fourth-order valence-corrected chi connectivity index (χ4v) is 6.10. The van der Waals surface area contributed by atoms with Crippen LogP contribution < -0.4 is 9.62 Å². The molecule has 0 radical (unpaired) electrons. The number of aromatic nitrogens is 1. The number of benzene rings is 3. The molecular formula is C25H21ClFN3O4S2. The molecule has 1 aliphatic rings. The molecule has 1 unspecified atom stereocenters. The molecule has 5 rings (SSSR count). The van der Waals surface area contributed by atoms with E-state index in [1.54, 1.807) is 24.3 Å². The van der Waals surface area contributed by atoms with Crippen LogP contribution in [0.4, 0.5) is 15.2 Å². The van der Waals surface area contributed by atoms with Gasteiger partial charge in [0.2, 0.25) is 0 Å². The number of carbonyl (C=O) groups excluding carboxylic acids is 1.